The molecule has 0 unspecified atom stereocenters. The number of allylic oxidation sites excluding steroid dienone is 3. The summed E-state index contributed by atoms with van der Waals surface area (Å²) < 4.78 is 8.89. The molecule has 0 saturated heterocycles. The number of hydrogen-bond acceptors (Lipinski definition) is 5. The summed E-state index contributed by atoms with van der Waals surface area (Å²) in [4.78, 5) is 31.2. The van der Waals surface area contributed by atoms with E-state index in [9.17, 15) is 14.4 Å². The fraction of sp³-hybridized carbons (Fsp3) is 0.278. The van der Waals surface area contributed by atoms with Gasteiger partial charge in [-0.25, -0.2) is 9.59 Å². The third-order valence-electron chi connectivity index (χ3n) is 1.59. The summed E-state index contributed by atoms with van der Waals surface area (Å²) >= 11 is 5.02. The van der Waals surface area contributed by atoms with Gasteiger partial charge in [0.05, 0.1) is 12.7 Å². The van der Waals surface area contributed by atoms with E-state index in [1.54, 1.807) is 12.2 Å². The third-order valence-corrected chi connectivity index (χ3v) is 1.72. The SMILES string of the molecule is C=C(C)C.C=C(C=CC(=O)Cl)C(=O)OC/C=C/C.C=CC(=O)OC. The molecule has 6 heteroatoms. The van der Waals surface area contributed by atoms with E-state index < -0.39 is 17.2 Å². The van der Waals surface area contributed by atoms with Crippen LogP contribution in [-0.4, -0.2) is 30.9 Å². The van der Waals surface area contributed by atoms with Crippen molar-refractivity contribution in [3.05, 3.63) is 61.3 Å². The number of esters is 2. The number of ether oxygens (including phenoxy) is 2. The van der Waals surface area contributed by atoms with E-state index in [1.165, 1.54) is 18.8 Å². The first kappa shape index (κ1) is 26.5. The van der Waals surface area contributed by atoms with Crippen molar-refractivity contribution in [2.24, 2.45) is 0 Å². The Bertz CT molecular complexity index is 498. The standard InChI is InChI=1S/C10H11ClO3.C4H6O2.C4H8/c1-3-4-7-14-10(13)8(2)5-6-9(11)12;1-3-4(5)6-2;1-4(2)3/h3-6H,2,7H2,1H3;3H,1H2,2H3;1H2,2-3H3/b4-3+,6-5?;;. The molecule has 134 valence electrons. The number of carbonyl (C=O) groups excluding carboxylic acids is 3. The van der Waals surface area contributed by atoms with E-state index in [2.05, 4.69) is 24.5 Å². The molecule has 0 spiro atoms. The van der Waals surface area contributed by atoms with E-state index in [1.807, 2.05) is 20.8 Å². The van der Waals surface area contributed by atoms with Gasteiger partial charge in [-0.15, -0.1) is 6.58 Å². The molecular formula is C18H25ClO5. The minimum atomic E-state index is -0.660. The van der Waals surface area contributed by atoms with Crippen LogP contribution >= 0.6 is 11.6 Å². The van der Waals surface area contributed by atoms with Crippen molar-refractivity contribution < 1.29 is 23.9 Å². The normalized spacial score (nSPS) is 9.04. The number of halogens is 1. The zero-order valence-electron chi connectivity index (χ0n) is 14.6. The average Bonchev–Trinajstić information content (AvgIpc) is 2.51. The fourth-order valence-electron chi connectivity index (χ4n) is 0.630. The van der Waals surface area contributed by atoms with Crippen LogP contribution in [0.2, 0.25) is 0 Å². The Kier molecular flexibility index (Phi) is 20.6. The average molecular weight is 357 g/mol. The predicted molar refractivity (Wildman–Crippen MR) is 97.6 cm³/mol. The van der Waals surface area contributed by atoms with Crippen molar-refractivity contribution in [2.45, 2.75) is 20.8 Å². The first-order chi connectivity index (χ1) is 11.1. The highest BCUT2D eigenvalue weighted by molar-refractivity contribution is 6.66. The van der Waals surface area contributed by atoms with Gasteiger partial charge in [-0.05, 0) is 44.5 Å². The lowest BCUT2D eigenvalue weighted by Gasteiger charge is -1.99. The minimum Gasteiger partial charge on any atom is -0.466 e. The van der Waals surface area contributed by atoms with Crippen molar-refractivity contribution in [1.82, 2.24) is 0 Å². The van der Waals surface area contributed by atoms with Crippen molar-refractivity contribution in [2.75, 3.05) is 13.7 Å². The molecule has 0 heterocycles. The summed E-state index contributed by atoms with van der Waals surface area (Å²) in [6.07, 6.45) is 6.81. The topological polar surface area (TPSA) is 69.7 Å². The molecule has 0 fully saturated rings. The molecule has 24 heavy (non-hydrogen) atoms. The molecule has 0 radical (unpaired) electrons. The van der Waals surface area contributed by atoms with Crippen LogP contribution in [0.25, 0.3) is 0 Å². The highest BCUT2D eigenvalue weighted by atomic mass is 35.5. The molecule has 0 aliphatic carbocycles. The van der Waals surface area contributed by atoms with Crippen LogP contribution in [0.4, 0.5) is 0 Å². The first-order valence-corrected chi connectivity index (χ1v) is 7.17. The van der Waals surface area contributed by atoms with Crippen LogP contribution in [0, 0.1) is 0 Å². The Labute approximate surface area is 149 Å². The molecule has 0 amide bonds. The maximum absolute atomic E-state index is 11.1. The molecule has 0 aliphatic rings. The zero-order chi connectivity index (χ0) is 19.5. The highest BCUT2D eigenvalue weighted by Gasteiger charge is 2.03. The Morgan fingerprint density at radius 3 is 1.92 bits per heavy atom. The van der Waals surface area contributed by atoms with Gasteiger partial charge in [0.25, 0.3) is 0 Å². The predicted octanol–water partition coefficient (Wildman–Crippen LogP) is 3.91. The molecule has 5 nitrogen and oxygen atoms in total. The summed E-state index contributed by atoms with van der Waals surface area (Å²) in [5.41, 5.74) is 1.25. The van der Waals surface area contributed by atoms with Gasteiger partial charge in [0.15, 0.2) is 0 Å². The van der Waals surface area contributed by atoms with Gasteiger partial charge < -0.3 is 9.47 Å². The van der Waals surface area contributed by atoms with Crippen molar-refractivity contribution >= 4 is 28.8 Å². The minimum absolute atomic E-state index is 0.0866. The Balaban J connectivity index is -0.000000363. The molecule has 0 bridgehead atoms. The van der Waals surface area contributed by atoms with Gasteiger partial charge >= 0.3 is 11.9 Å². The van der Waals surface area contributed by atoms with Crippen molar-refractivity contribution in [3.8, 4) is 0 Å². The quantitative estimate of drug-likeness (QED) is 0.237. The van der Waals surface area contributed by atoms with Crippen LogP contribution in [0.15, 0.2) is 61.3 Å². The lowest BCUT2D eigenvalue weighted by atomic mass is 10.3. The van der Waals surface area contributed by atoms with E-state index >= 15 is 0 Å². The highest BCUT2D eigenvalue weighted by Crippen LogP contribution is 1.98. The van der Waals surface area contributed by atoms with E-state index in [0.717, 1.165) is 12.2 Å². The monoisotopic (exact) mass is 356 g/mol. The second-order valence-corrected chi connectivity index (χ2v) is 4.64. The summed E-state index contributed by atoms with van der Waals surface area (Å²) in [5.74, 6) is -0.965. The molecule has 0 rings (SSSR count). The summed E-state index contributed by atoms with van der Waals surface area (Å²) in [7, 11) is 1.31. The van der Waals surface area contributed by atoms with Crippen LogP contribution < -0.4 is 0 Å². The molecule has 0 aromatic carbocycles. The number of rotatable bonds is 6. The Morgan fingerprint density at radius 2 is 1.62 bits per heavy atom. The smallest absolute Gasteiger partial charge is 0.337 e. The van der Waals surface area contributed by atoms with Gasteiger partial charge in [-0.1, -0.05) is 30.9 Å². The van der Waals surface area contributed by atoms with Gasteiger partial charge in [-0.3, -0.25) is 4.79 Å². The Morgan fingerprint density at radius 1 is 1.12 bits per heavy atom. The summed E-state index contributed by atoms with van der Waals surface area (Å²) in [6.45, 7) is 16.1. The summed E-state index contributed by atoms with van der Waals surface area (Å²) in [6, 6.07) is 0. The maximum atomic E-state index is 11.1. The first-order valence-electron chi connectivity index (χ1n) is 6.79. The molecule has 0 N–H and O–H groups in total. The van der Waals surface area contributed by atoms with Crippen LogP contribution in [0.1, 0.15) is 20.8 Å². The van der Waals surface area contributed by atoms with Crippen molar-refractivity contribution in [1.29, 1.82) is 0 Å². The van der Waals surface area contributed by atoms with E-state index in [0.29, 0.717) is 0 Å². The van der Waals surface area contributed by atoms with Crippen LogP contribution in [0.5, 0.6) is 0 Å². The molecule has 0 aromatic heterocycles. The zero-order valence-corrected chi connectivity index (χ0v) is 15.4. The Hall–Kier alpha value is -2.40. The molecule has 0 aliphatic heterocycles. The second-order valence-electron chi connectivity index (χ2n) is 4.26. The number of carbonyl (C=O) groups is 3. The van der Waals surface area contributed by atoms with Gasteiger partial charge in [0.2, 0.25) is 5.24 Å². The van der Waals surface area contributed by atoms with Gasteiger partial charge in [0, 0.05) is 6.08 Å². The maximum Gasteiger partial charge on any atom is 0.337 e. The second kappa shape index (κ2) is 18.6. The van der Waals surface area contributed by atoms with Crippen molar-refractivity contribution in [3.63, 3.8) is 0 Å². The third kappa shape index (κ3) is 27.9. The number of methoxy groups -OCH3 is 1. The van der Waals surface area contributed by atoms with Crippen LogP contribution in [-0.2, 0) is 23.9 Å². The van der Waals surface area contributed by atoms with E-state index in [-0.39, 0.29) is 12.2 Å². The largest absolute Gasteiger partial charge is 0.466 e. The molecular weight excluding hydrogens is 332 g/mol. The van der Waals surface area contributed by atoms with Gasteiger partial charge in [-0.2, -0.15) is 0 Å². The lowest BCUT2D eigenvalue weighted by Crippen LogP contribution is -2.05. The van der Waals surface area contributed by atoms with E-state index in [4.69, 9.17) is 16.3 Å². The lowest BCUT2D eigenvalue weighted by molar-refractivity contribution is -0.137. The van der Waals surface area contributed by atoms with Crippen LogP contribution in [0.3, 0.4) is 0 Å². The molecule has 0 aromatic rings. The molecule has 0 saturated carbocycles. The fourth-order valence-corrected chi connectivity index (χ4v) is 0.693. The number of hydrogen-bond donors (Lipinski definition) is 0. The van der Waals surface area contributed by atoms with Gasteiger partial charge in [0.1, 0.15) is 6.61 Å². The molecule has 0 atom stereocenters. The summed E-state index contributed by atoms with van der Waals surface area (Å²) in [5, 5.41) is -0.660.